The van der Waals surface area contributed by atoms with E-state index in [1.165, 1.54) is 11.6 Å². The number of piperazine rings is 1. The minimum atomic E-state index is -3.53. The van der Waals surface area contributed by atoms with Crippen molar-refractivity contribution in [1.82, 2.24) is 9.21 Å². The molecule has 1 aliphatic rings. The van der Waals surface area contributed by atoms with Gasteiger partial charge in [-0.15, -0.1) is 0 Å². The van der Waals surface area contributed by atoms with Gasteiger partial charge < -0.3 is 0 Å². The number of aryl methyl sites for hydroxylation is 1. The Labute approximate surface area is 148 Å². The van der Waals surface area contributed by atoms with Crippen LogP contribution < -0.4 is 0 Å². The van der Waals surface area contributed by atoms with Crippen molar-refractivity contribution in [3.63, 3.8) is 0 Å². The second-order valence-corrected chi connectivity index (χ2v) is 8.60. The highest BCUT2D eigenvalue weighted by Crippen LogP contribution is 2.28. The van der Waals surface area contributed by atoms with E-state index in [0.717, 1.165) is 5.56 Å². The third-order valence-electron chi connectivity index (χ3n) is 4.51. The number of nitrogens with zero attached hydrogens (tertiary/aromatic N) is 2. The predicted molar refractivity (Wildman–Crippen MR) is 96.8 cm³/mol. The van der Waals surface area contributed by atoms with E-state index < -0.39 is 10.0 Å². The lowest BCUT2D eigenvalue weighted by Crippen LogP contribution is -2.48. The first-order valence-electron chi connectivity index (χ1n) is 7.90. The average Bonchev–Trinajstić information content (AvgIpc) is 2.56. The first-order chi connectivity index (χ1) is 11.4. The fourth-order valence-corrected chi connectivity index (χ4v) is 4.73. The molecule has 1 saturated heterocycles. The molecule has 4 nitrogen and oxygen atoms in total. The third kappa shape index (κ3) is 3.49. The van der Waals surface area contributed by atoms with Crippen molar-refractivity contribution in [2.45, 2.75) is 17.9 Å². The predicted octanol–water partition coefficient (Wildman–Crippen LogP) is 3.33. The number of likely N-dealkylation sites (N-methyl/N-ethyl adjacent to an activating group) is 1. The van der Waals surface area contributed by atoms with Crippen LogP contribution in [0, 0.1) is 6.92 Å². The molecule has 0 amide bonds. The number of halogens is 1. The largest absolute Gasteiger partial charge is 0.297 e. The SMILES string of the molecule is Cc1ccc([C@@H]2CN(S(=O)(=O)c3cccc(Cl)c3)CCN2C)cc1. The molecule has 0 bridgehead atoms. The Kier molecular flexibility index (Phi) is 4.97. The van der Waals surface area contributed by atoms with E-state index in [0.29, 0.717) is 24.7 Å². The topological polar surface area (TPSA) is 40.6 Å². The molecule has 2 aromatic carbocycles. The van der Waals surface area contributed by atoms with Crippen LogP contribution in [0.15, 0.2) is 53.4 Å². The zero-order valence-corrected chi connectivity index (χ0v) is 15.4. The highest BCUT2D eigenvalue weighted by atomic mass is 35.5. The minimum absolute atomic E-state index is 0.0494. The Morgan fingerprint density at radius 3 is 2.46 bits per heavy atom. The van der Waals surface area contributed by atoms with E-state index in [-0.39, 0.29) is 10.9 Å². The van der Waals surface area contributed by atoms with Crippen molar-refractivity contribution in [1.29, 1.82) is 0 Å². The Hall–Kier alpha value is -1.40. The summed E-state index contributed by atoms with van der Waals surface area (Å²) in [5.41, 5.74) is 2.33. The van der Waals surface area contributed by atoms with E-state index in [9.17, 15) is 8.42 Å². The Morgan fingerprint density at radius 1 is 1.08 bits per heavy atom. The maximum absolute atomic E-state index is 12.9. The normalized spacial score (nSPS) is 20.2. The van der Waals surface area contributed by atoms with Crippen molar-refractivity contribution in [3.05, 3.63) is 64.7 Å². The number of sulfonamides is 1. The smallest absolute Gasteiger partial charge is 0.243 e. The van der Waals surface area contributed by atoms with Gasteiger partial charge >= 0.3 is 0 Å². The summed E-state index contributed by atoms with van der Waals surface area (Å²) in [5, 5.41) is 0.431. The van der Waals surface area contributed by atoms with E-state index in [4.69, 9.17) is 11.6 Å². The van der Waals surface area contributed by atoms with Crippen LogP contribution in [-0.2, 0) is 10.0 Å². The standard InChI is InChI=1S/C18H21ClN2O2S/c1-14-6-8-15(9-7-14)18-13-21(11-10-20(18)2)24(22,23)17-5-3-4-16(19)12-17/h3-9,12,18H,10-11,13H2,1-2H3/t18-/m0/s1. The summed E-state index contributed by atoms with van der Waals surface area (Å²) in [6.45, 7) is 3.66. The van der Waals surface area contributed by atoms with Gasteiger partial charge in [0.15, 0.2) is 0 Å². The summed E-state index contributed by atoms with van der Waals surface area (Å²) in [6.07, 6.45) is 0. The van der Waals surface area contributed by atoms with Gasteiger partial charge in [-0.05, 0) is 37.7 Å². The Bertz CT molecular complexity index is 821. The van der Waals surface area contributed by atoms with Crippen LogP contribution in [0.4, 0.5) is 0 Å². The second-order valence-electron chi connectivity index (χ2n) is 6.23. The first-order valence-corrected chi connectivity index (χ1v) is 9.72. The van der Waals surface area contributed by atoms with Crippen LogP contribution in [0.5, 0.6) is 0 Å². The molecule has 0 saturated carbocycles. The van der Waals surface area contributed by atoms with E-state index in [2.05, 4.69) is 29.2 Å². The van der Waals surface area contributed by atoms with Gasteiger partial charge in [0, 0.05) is 30.7 Å². The Balaban J connectivity index is 1.88. The average molecular weight is 365 g/mol. The molecule has 1 heterocycles. The molecule has 0 aromatic heterocycles. The zero-order valence-electron chi connectivity index (χ0n) is 13.8. The summed E-state index contributed by atoms with van der Waals surface area (Å²) < 4.78 is 27.4. The van der Waals surface area contributed by atoms with Gasteiger partial charge in [-0.2, -0.15) is 4.31 Å². The lowest BCUT2D eigenvalue weighted by Gasteiger charge is -2.39. The van der Waals surface area contributed by atoms with Crippen LogP contribution in [0.1, 0.15) is 17.2 Å². The molecule has 24 heavy (non-hydrogen) atoms. The molecular weight excluding hydrogens is 344 g/mol. The number of hydrogen-bond donors (Lipinski definition) is 0. The number of hydrogen-bond acceptors (Lipinski definition) is 3. The van der Waals surface area contributed by atoms with Gasteiger partial charge in [0.1, 0.15) is 0 Å². The molecule has 1 aliphatic heterocycles. The summed E-state index contributed by atoms with van der Waals surface area (Å²) in [4.78, 5) is 2.46. The molecular formula is C18H21ClN2O2S. The van der Waals surface area contributed by atoms with Crippen molar-refractivity contribution in [3.8, 4) is 0 Å². The van der Waals surface area contributed by atoms with Crippen molar-refractivity contribution >= 4 is 21.6 Å². The maximum atomic E-state index is 12.9. The summed E-state index contributed by atoms with van der Waals surface area (Å²) in [6, 6.07) is 14.8. The van der Waals surface area contributed by atoms with Gasteiger partial charge in [0.2, 0.25) is 10.0 Å². The van der Waals surface area contributed by atoms with Crippen LogP contribution in [0.3, 0.4) is 0 Å². The molecule has 3 rings (SSSR count). The van der Waals surface area contributed by atoms with Gasteiger partial charge in [-0.1, -0.05) is 47.5 Å². The number of benzene rings is 2. The van der Waals surface area contributed by atoms with Gasteiger partial charge in [-0.25, -0.2) is 8.42 Å². The molecule has 0 aliphatic carbocycles. The third-order valence-corrected chi connectivity index (χ3v) is 6.60. The highest BCUT2D eigenvalue weighted by molar-refractivity contribution is 7.89. The van der Waals surface area contributed by atoms with Crippen LogP contribution in [-0.4, -0.2) is 44.3 Å². The molecule has 6 heteroatoms. The summed E-state index contributed by atoms with van der Waals surface area (Å²) in [5.74, 6) is 0. The zero-order chi connectivity index (χ0) is 17.3. The van der Waals surface area contributed by atoms with Crippen molar-refractivity contribution in [2.24, 2.45) is 0 Å². The minimum Gasteiger partial charge on any atom is -0.297 e. The van der Waals surface area contributed by atoms with Gasteiger partial charge in [0.05, 0.1) is 4.90 Å². The van der Waals surface area contributed by atoms with Crippen molar-refractivity contribution in [2.75, 3.05) is 26.7 Å². The first kappa shape index (κ1) is 17.4. The van der Waals surface area contributed by atoms with E-state index >= 15 is 0 Å². The molecule has 1 atom stereocenters. The second kappa shape index (κ2) is 6.84. The van der Waals surface area contributed by atoms with Crippen LogP contribution in [0.25, 0.3) is 0 Å². The fraction of sp³-hybridized carbons (Fsp3) is 0.333. The highest BCUT2D eigenvalue weighted by Gasteiger charge is 2.33. The molecule has 0 spiro atoms. The molecule has 2 aromatic rings. The lowest BCUT2D eigenvalue weighted by atomic mass is 10.0. The number of rotatable bonds is 3. The van der Waals surface area contributed by atoms with Crippen molar-refractivity contribution < 1.29 is 8.42 Å². The Morgan fingerprint density at radius 2 is 1.79 bits per heavy atom. The van der Waals surface area contributed by atoms with Gasteiger partial charge in [-0.3, -0.25) is 4.90 Å². The summed E-state index contributed by atoms with van der Waals surface area (Å²) in [7, 11) is -1.50. The molecule has 1 fully saturated rings. The van der Waals surface area contributed by atoms with E-state index in [1.807, 2.05) is 14.0 Å². The molecule has 0 radical (unpaired) electrons. The van der Waals surface area contributed by atoms with Crippen LogP contribution in [0.2, 0.25) is 5.02 Å². The van der Waals surface area contributed by atoms with Gasteiger partial charge in [0.25, 0.3) is 0 Å². The monoisotopic (exact) mass is 364 g/mol. The lowest BCUT2D eigenvalue weighted by molar-refractivity contribution is 0.148. The molecule has 0 unspecified atom stereocenters. The molecule has 128 valence electrons. The molecule has 0 N–H and O–H groups in total. The fourth-order valence-electron chi connectivity index (χ4n) is 2.99. The quantitative estimate of drug-likeness (QED) is 0.838. The van der Waals surface area contributed by atoms with Crippen LogP contribution >= 0.6 is 11.6 Å². The van der Waals surface area contributed by atoms with E-state index in [1.54, 1.807) is 22.5 Å². The summed E-state index contributed by atoms with van der Waals surface area (Å²) >= 11 is 5.96. The maximum Gasteiger partial charge on any atom is 0.243 e.